The average molecular weight is 483 g/mol. The van der Waals surface area contributed by atoms with Gasteiger partial charge in [-0.2, -0.15) is 0 Å². The first-order valence-electron chi connectivity index (χ1n) is 12.2. The Bertz CT molecular complexity index is 676. The third kappa shape index (κ3) is 12.2. The van der Waals surface area contributed by atoms with Crippen molar-refractivity contribution < 1.29 is 32.7 Å². The van der Waals surface area contributed by atoms with Crippen LogP contribution in [0, 0.1) is 0 Å². The maximum absolute atomic E-state index is 10.7. The lowest BCUT2D eigenvalue weighted by Gasteiger charge is -2.28. The summed E-state index contributed by atoms with van der Waals surface area (Å²) < 4.78 is 29.3. The van der Waals surface area contributed by atoms with Crippen LogP contribution in [0.25, 0.3) is 6.08 Å². The first kappa shape index (κ1) is 29.2. The highest BCUT2D eigenvalue weighted by Gasteiger charge is 2.39. The van der Waals surface area contributed by atoms with Crippen LogP contribution in [0.4, 0.5) is 0 Å². The molecule has 0 aliphatic heterocycles. The molecule has 0 aliphatic carbocycles. The number of hydrogen-bond donors (Lipinski definition) is 1. The van der Waals surface area contributed by atoms with Crippen LogP contribution < -0.4 is 9.47 Å². The van der Waals surface area contributed by atoms with Gasteiger partial charge in [0.15, 0.2) is 11.5 Å². The zero-order valence-corrected chi connectivity index (χ0v) is 21.8. The molecular formula is C25H42O7Si. The van der Waals surface area contributed by atoms with E-state index in [-0.39, 0.29) is 0 Å². The number of carboxylic acids is 1. The quantitative estimate of drug-likeness (QED) is 0.140. The molecule has 0 heterocycles. The molecule has 8 heteroatoms. The van der Waals surface area contributed by atoms with Gasteiger partial charge in [-0.25, -0.2) is 4.79 Å². The highest BCUT2D eigenvalue weighted by atomic mass is 28.4. The van der Waals surface area contributed by atoms with Crippen molar-refractivity contribution in [2.75, 3.05) is 33.0 Å². The van der Waals surface area contributed by atoms with Crippen LogP contribution in [0.15, 0.2) is 24.3 Å². The van der Waals surface area contributed by atoms with E-state index in [1.165, 1.54) is 12.5 Å². The number of aliphatic carboxylic acids is 1. The maximum Gasteiger partial charge on any atom is 0.500 e. The van der Waals surface area contributed by atoms with Crippen molar-refractivity contribution in [2.45, 2.75) is 72.3 Å². The smallest absolute Gasteiger partial charge is 0.490 e. The molecule has 33 heavy (non-hydrogen) atoms. The maximum atomic E-state index is 10.7. The van der Waals surface area contributed by atoms with Gasteiger partial charge in [-0.15, -0.1) is 0 Å². The van der Waals surface area contributed by atoms with Crippen LogP contribution in [0.5, 0.6) is 11.5 Å². The second kappa shape index (κ2) is 17.6. The van der Waals surface area contributed by atoms with Gasteiger partial charge >= 0.3 is 14.8 Å². The largest absolute Gasteiger partial charge is 0.500 e. The van der Waals surface area contributed by atoms with Crippen LogP contribution >= 0.6 is 0 Å². The van der Waals surface area contributed by atoms with Crippen LogP contribution in [-0.2, 0) is 18.1 Å². The summed E-state index contributed by atoms with van der Waals surface area (Å²) in [6.07, 6.45) is 9.26. The minimum Gasteiger partial charge on any atom is -0.490 e. The molecular weight excluding hydrogens is 440 g/mol. The molecule has 0 saturated carbocycles. The Morgan fingerprint density at radius 2 is 1.42 bits per heavy atom. The summed E-state index contributed by atoms with van der Waals surface area (Å²) >= 11 is 0. The molecule has 0 aliphatic rings. The first-order chi connectivity index (χ1) is 16.0. The molecule has 1 aromatic carbocycles. The second-order valence-corrected chi connectivity index (χ2v) is 10.2. The molecule has 7 nitrogen and oxygen atoms in total. The topological polar surface area (TPSA) is 83.5 Å². The first-order valence-corrected chi connectivity index (χ1v) is 14.2. The molecule has 0 spiro atoms. The van der Waals surface area contributed by atoms with Gasteiger partial charge in [0.1, 0.15) is 0 Å². The Morgan fingerprint density at radius 1 is 0.818 bits per heavy atom. The molecule has 1 aromatic rings. The fourth-order valence-electron chi connectivity index (χ4n) is 3.52. The summed E-state index contributed by atoms with van der Waals surface area (Å²) in [5.74, 6) is 0.344. The monoisotopic (exact) mass is 482 g/mol. The summed E-state index contributed by atoms with van der Waals surface area (Å²) in [4.78, 5) is 10.7. The Balaban J connectivity index is 2.32. The summed E-state index contributed by atoms with van der Waals surface area (Å²) in [6.45, 7) is 10.9. The van der Waals surface area contributed by atoms with E-state index in [1.54, 1.807) is 6.07 Å². The molecule has 0 aromatic heterocycles. The summed E-state index contributed by atoms with van der Waals surface area (Å²) in [5.41, 5.74) is 0.762. The molecule has 1 rings (SSSR count). The number of rotatable bonds is 20. The zero-order chi connectivity index (χ0) is 24.4. The molecule has 0 amide bonds. The van der Waals surface area contributed by atoms with Crippen molar-refractivity contribution in [2.24, 2.45) is 0 Å². The average Bonchev–Trinajstić information content (AvgIpc) is 2.78. The van der Waals surface area contributed by atoms with Crippen LogP contribution in [0.3, 0.4) is 0 Å². The van der Waals surface area contributed by atoms with E-state index in [4.69, 9.17) is 27.9 Å². The summed E-state index contributed by atoms with van der Waals surface area (Å²) in [5, 5.41) is 8.78. The fourth-order valence-corrected chi connectivity index (χ4v) is 6.20. The van der Waals surface area contributed by atoms with Crippen molar-refractivity contribution in [1.82, 2.24) is 0 Å². The van der Waals surface area contributed by atoms with E-state index < -0.39 is 14.8 Å². The Morgan fingerprint density at radius 3 is 2.00 bits per heavy atom. The standard InChI is InChI=1S/C25H42O7Si/c1-5-28-24-21-22(16-18-25(26)27)15-17-23(24)29-19-13-11-9-10-12-14-20-33(30-6-2,31-7-3)32-8-4/h15-18,21H,5-14,19-20H2,1-4H3,(H,26,27). The number of unbranched alkanes of at least 4 members (excludes halogenated alkanes) is 5. The Hall–Kier alpha value is -1.87. The Kier molecular flexibility index (Phi) is 15.5. The highest BCUT2D eigenvalue weighted by molar-refractivity contribution is 6.60. The van der Waals surface area contributed by atoms with E-state index in [1.807, 2.05) is 39.8 Å². The van der Waals surface area contributed by atoms with Crippen molar-refractivity contribution in [3.8, 4) is 11.5 Å². The number of ether oxygens (including phenoxy) is 2. The van der Waals surface area contributed by atoms with Gasteiger partial charge < -0.3 is 27.9 Å². The van der Waals surface area contributed by atoms with Crippen molar-refractivity contribution in [1.29, 1.82) is 0 Å². The predicted molar refractivity (Wildman–Crippen MR) is 133 cm³/mol. The van der Waals surface area contributed by atoms with Gasteiger partial charge in [-0.1, -0.05) is 31.7 Å². The Labute approximate surface area is 200 Å². The van der Waals surface area contributed by atoms with E-state index in [9.17, 15) is 4.79 Å². The second-order valence-electron chi connectivity index (χ2n) is 7.51. The van der Waals surface area contributed by atoms with Gasteiger partial charge in [0.05, 0.1) is 13.2 Å². The molecule has 0 bridgehead atoms. The van der Waals surface area contributed by atoms with Gasteiger partial charge in [0.2, 0.25) is 0 Å². The lowest BCUT2D eigenvalue weighted by atomic mass is 10.1. The third-order valence-electron chi connectivity index (χ3n) is 4.91. The predicted octanol–water partition coefficient (Wildman–Crippen LogP) is 5.95. The number of carbonyl (C=O) groups is 1. The molecule has 0 saturated heterocycles. The lowest BCUT2D eigenvalue weighted by Crippen LogP contribution is -2.45. The molecule has 0 fully saturated rings. The van der Waals surface area contributed by atoms with E-state index >= 15 is 0 Å². The number of carboxylic acid groups (broad SMARTS) is 1. The third-order valence-corrected chi connectivity index (χ3v) is 8.07. The molecule has 188 valence electrons. The van der Waals surface area contributed by atoms with E-state index in [0.717, 1.165) is 49.8 Å². The van der Waals surface area contributed by atoms with Gasteiger partial charge in [-0.3, -0.25) is 0 Å². The molecule has 0 radical (unpaired) electrons. The van der Waals surface area contributed by atoms with Crippen LogP contribution in [0.1, 0.15) is 71.8 Å². The van der Waals surface area contributed by atoms with Crippen LogP contribution in [-0.4, -0.2) is 52.9 Å². The van der Waals surface area contributed by atoms with Crippen molar-refractivity contribution >= 4 is 20.8 Å². The fraction of sp³-hybridized carbons (Fsp3) is 0.640. The number of benzene rings is 1. The van der Waals surface area contributed by atoms with Crippen molar-refractivity contribution in [3.63, 3.8) is 0 Å². The van der Waals surface area contributed by atoms with Gasteiger partial charge in [0.25, 0.3) is 0 Å². The lowest BCUT2D eigenvalue weighted by molar-refractivity contribution is -0.131. The highest BCUT2D eigenvalue weighted by Crippen LogP contribution is 2.29. The van der Waals surface area contributed by atoms with Crippen LogP contribution in [0.2, 0.25) is 6.04 Å². The summed E-state index contributed by atoms with van der Waals surface area (Å²) in [7, 11) is -2.51. The molecule has 0 unspecified atom stereocenters. The molecule has 1 N–H and O–H groups in total. The molecule has 0 atom stereocenters. The number of hydrogen-bond acceptors (Lipinski definition) is 6. The normalized spacial score (nSPS) is 11.8. The zero-order valence-electron chi connectivity index (χ0n) is 20.8. The van der Waals surface area contributed by atoms with E-state index in [2.05, 4.69) is 0 Å². The minimum atomic E-state index is -2.51. The SMILES string of the molecule is CCOc1cc(C=CC(=O)O)ccc1OCCCCCCCC[Si](OCC)(OCC)OCC. The summed E-state index contributed by atoms with van der Waals surface area (Å²) in [6, 6.07) is 6.34. The van der Waals surface area contributed by atoms with E-state index in [0.29, 0.717) is 44.5 Å². The van der Waals surface area contributed by atoms with Crippen molar-refractivity contribution in [3.05, 3.63) is 29.8 Å². The van der Waals surface area contributed by atoms with Gasteiger partial charge in [-0.05, 0) is 64.3 Å². The van der Waals surface area contributed by atoms with Gasteiger partial charge in [0, 0.05) is 31.9 Å². The minimum absolute atomic E-state index is 0.516.